The van der Waals surface area contributed by atoms with Gasteiger partial charge in [-0.3, -0.25) is 13.9 Å². The van der Waals surface area contributed by atoms with Gasteiger partial charge in [0.1, 0.15) is 12.2 Å². The Morgan fingerprint density at radius 1 is 1.05 bits per heavy atom. The van der Waals surface area contributed by atoms with Gasteiger partial charge in [-0.25, -0.2) is 4.79 Å². The number of hydrogen-bond acceptors (Lipinski definition) is 4. The SMILES string of the molecule is C[C@H]1CCCN(Cc2cc(C(F)(F)F)c3cn(-c4cccc(CCCCCc5nncn5C)c4)c(=O)n3c2)C1. The highest BCUT2D eigenvalue weighted by Gasteiger charge is 2.34. The number of hydrogen-bond donors (Lipinski definition) is 0. The molecule has 0 spiro atoms. The summed E-state index contributed by atoms with van der Waals surface area (Å²) in [6.07, 6.45) is 6.84. The number of rotatable bonds is 9. The molecule has 4 aromatic rings. The molecule has 0 bridgehead atoms. The molecule has 1 aromatic carbocycles. The number of aryl methyl sites for hydroxylation is 3. The Morgan fingerprint density at radius 3 is 2.62 bits per heavy atom. The second-order valence-corrected chi connectivity index (χ2v) is 10.9. The van der Waals surface area contributed by atoms with Crippen LogP contribution < -0.4 is 5.69 Å². The molecule has 0 amide bonds. The van der Waals surface area contributed by atoms with Crippen molar-refractivity contribution in [3.05, 3.63) is 82.1 Å². The zero-order valence-corrected chi connectivity index (χ0v) is 22.5. The number of piperidine rings is 1. The van der Waals surface area contributed by atoms with Gasteiger partial charge in [0, 0.05) is 39.0 Å². The zero-order valence-electron chi connectivity index (χ0n) is 22.5. The van der Waals surface area contributed by atoms with Crippen LogP contribution in [0, 0.1) is 5.92 Å². The predicted octanol–water partition coefficient (Wildman–Crippen LogP) is 5.42. The van der Waals surface area contributed by atoms with Crippen molar-refractivity contribution < 1.29 is 13.2 Å². The third-order valence-electron chi connectivity index (χ3n) is 7.64. The molecule has 0 unspecified atom stereocenters. The molecular formula is C29H35F3N6O. The van der Waals surface area contributed by atoms with Crippen molar-refractivity contribution in [2.24, 2.45) is 13.0 Å². The smallest absolute Gasteiger partial charge is 0.321 e. The van der Waals surface area contributed by atoms with E-state index in [1.165, 1.54) is 16.8 Å². The summed E-state index contributed by atoms with van der Waals surface area (Å²) in [6.45, 7) is 4.26. The highest BCUT2D eigenvalue weighted by Crippen LogP contribution is 2.34. The van der Waals surface area contributed by atoms with E-state index in [2.05, 4.69) is 22.0 Å². The lowest BCUT2D eigenvalue weighted by Crippen LogP contribution is -2.34. The van der Waals surface area contributed by atoms with Crippen LogP contribution in [0.4, 0.5) is 13.2 Å². The molecule has 7 nitrogen and oxygen atoms in total. The Kier molecular flexibility index (Phi) is 7.93. The molecule has 1 aliphatic rings. The molecule has 0 aliphatic carbocycles. The number of pyridine rings is 1. The normalized spacial score (nSPS) is 16.8. The molecule has 0 saturated carbocycles. The minimum absolute atomic E-state index is 0.127. The Labute approximate surface area is 225 Å². The molecule has 208 valence electrons. The van der Waals surface area contributed by atoms with E-state index in [1.807, 2.05) is 29.8 Å². The third kappa shape index (κ3) is 6.27. The number of unbranched alkanes of at least 4 members (excludes halogenated alkanes) is 2. The fourth-order valence-electron chi connectivity index (χ4n) is 5.62. The van der Waals surface area contributed by atoms with Gasteiger partial charge in [0.05, 0.1) is 16.8 Å². The highest BCUT2D eigenvalue weighted by atomic mass is 19.4. The van der Waals surface area contributed by atoms with Crippen molar-refractivity contribution in [1.29, 1.82) is 0 Å². The second kappa shape index (κ2) is 11.4. The van der Waals surface area contributed by atoms with Gasteiger partial charge < -0.3 is 4.57 Å². The molecule has 1 atom stereocenters. The van der Waals surface area contributed by atoms with Crippen molar-refractivity contribution in [3.8, 4) is 5.69 Å². The summed E-state index contributed by atoms with van der Waals surface area (Å²) < 4.78 is 46.7. The first-order chi connectivity index (χ1) is 18.7. The quantitative estimate of drug-likeness (QED) is 0.266. The van der Waals surface area contributed by atoms with E-state index in [1.54, 1.807) is 18.6 Å². The van der Waals surface area contributed by atoms with Crippen LogP contribution in [0.5, 0.6) is 0 Å². The van der Waals surface area contributed by atoms with E-state index in [0.29, 0.717) is 23.7 Å². The van der Waals surface area contributed by atoms with Gasteiger partial charge in [-0.2, -0.15) is 13.2 Å². The standard InChI is InChI=1S/C29H35F3N6O/c1-21-8-7-13-36(16-21)17-23-15-25(29(30,31)32)26-19-37(28(39)38(26)18-23)24-11-6-10-22(14-24)9-4-3-5-12-27-34-33-20-35(27)2/h6,10-11,14-15,18-21H,3-5,7-9,12-13,16-17H2,1-2H3/t21-/m0/s1. The Balaban J connectivity index is 1.35. The molecule has 1 aliphatic heterocycles. The van der Waals surface area contributed by atoms with Gasteiger partial charge >= 0.3 is 11.9 Å². The summed E-state index contributed by atoms with van der Waals surface area (Å²) in [4.78, 5) is 15.6. The number of fused-ring (bicyclic) bond motifs is 1. The average Bonchev–Trinajstić information content (AvgIpc) is 3.45. The van der Waals surface area contributed by atoms with Gasteiger partial charge in [-0.15, -0.1) is 10.2 Å². The van der Waals surface area contributed by atoms with Crippen LogP contribution in [0.1, 0.15) is 61.5 Å². The molecule has 5 rings (SSSR count). The van der Waals surface area contributed by atoms with Crippen LogP contribution >= 0.6 is 0 Å². The molecule has 3 aromatic heterocycles. The van der Waals surface area contributed by atoms with Gasteiger partial charge in [-0.1, -0.05) is 25.5 Å². The fourth-order valence-corrected chi connectivity index (χ4v) is 5.62. The number of alkyl halides is 3. The number of nitrogens with zero attached hydrogens (tertiary/aromatic N) is 6. The number of imidazole rings is 1. The molecule has 39 heavy (non-hydrogen) atoms. The summed E-state index contributed by atoms with van der Waals surface area (Å²) in [5.41, 5.74) is 0.713. The molecule has 4 heterocycles. The number of benzene rings is 1. The maximum atomic E-state index is 14.1. The van der Waals surface area contributed by atoms with E-state index in [9.17, 15) is 18.0 Å². The van der Waals surface area contributed by atoms with Crippen LogP contribution in [0.2, 0.25) is 0 Å². The summed E-state index contributed by atoms with van der Waals surface area (Å²) in [7, 11) is 1.93. The maximum absolute atomic E-state index is 14.1. The monoisotopic (exact) mass is 540 g/mol. The second-order valence-electron chi connectivity index (χ2n) is 10.9. The van der Waals surface area contributed by atoms with E-state index >= 15 is 0 Å². The Bertz CT molecular complexity index is 1480. The number of aromatic nitrogens is 5. The topological polar surface area (TPSA) is 60.4 Å². The summed E-state index contributed by atoms with van der Waals surface area (Å²) in [5, 5.41) is 8.01. The number of halogens is 3. The molecule has 1 saturated heterocycles. The first-order valence-electron chi connectivity index (χ1n) is 13.7. The minimum atomic E-state index is -4.57. The van der Waals surface area contributed by atoms with Crippen molar-refractivity contribution in [3.63, 3.8) is 0 Å². The van der Waals surface area contributed by atoms with Crippen LogP contribution in [-0.2, 0) is 32.6 Å². The summed E-state index contributed by atoms with van der Waals surface area (Å²) >= 11 is 0. The van der Waals surface area contributed by atoms with Crippen molar-refractivity contribution >= 4 is 5.52 Å². The van der Waals surface area contributed by atoms with Crippen molar-refractivity contribution in [1.82, 2.24) is 28.6 Å². The first kappa shape index (κ1) is 27.2. The van der Waals surface area contributed by atoms with Crippen LogP contribution in [0.3, 0.4) is 0 Å². The Hall–Kier alpha value is -3.40. The maximum Gasteiger partial charge on any atom is 0.418 e. The third-order valence-corrected chi connectivity index (χ3v) is 7.64. The van der Waals surface area contributed by atoms with Crippen molar-refractivity contribution in [2.45, 2.75) is 64.6 Å². The predicted molar refractivity (Wildman–Crippen MR) is 144 cm³/mol. The van der Waals surface area contributed by atoms with E-state index in [4.69, 9.17) is 0 Å². The zero-order chi connectivity index (χ0) is 27.6. The van der Waals surface area contributed by atoms with Gasteiger partial charge in [0.2, 0.25) is 0 Å². The average molecular weight is 541 g/mol. The van der Waals surface area contributed by atoms with Crippen LogP contribution in [-0.4, -0.2) is 41.7 Å². The van der Waals surface area contributed by atoms with E-state index in [-0.39, 0.29) is 5.52 Å². The highest BCUT2D eigenvalue weighted by molar-refractivity contribution is 5.58. The minimum Gasteiger partial charge on any atom is -0.321 e. The van der Waals surface area contributed by atoms with Crippen LogP contribution in [0.25, 0.3) is 11.2 Å². The molecule has 10 heteroatoms. The molecule has 0 N–H and O–H groups in total. The van der Waals surface area contributed by atoms with Gasteiger partial charge in [-0.05, 0) is 73.9 Å². The van der Waals surface area contributed by atoms with E-state index < -0.39 is 17.4 Å². The Morgan fingerprint density at radius 2 is 1.87 bits per heavy atom. The first-order valence-corrected chi connectivity index (χ1v) is 13.7. The summed E-state index contributed by atoms with van der Waals surface area (Å²) in [6, 6.07) is 8.71. The molecule has 1 fully saturated rings. The lowest BCUT2D eigenvalue weighted by molar-refractivity contribution is -0.136. The molecular weight excluding hydrogens is 505 g/mol. The lowest BCUT2D eigenvalue weighted by Gasteiger charge is -2.31. The van der Waals surface area contributed by atoms with Crippen molar-refractivity contribution in [2.75, 3.05) is 13.1 Å². The van der Waals surface area contributed by atoms with Crippen LogP contribution in [0.15, 0.2) is 53.8 Å². The number of likely N-dealkylation sites (tertiary alicyclic amines) is 1. The lowest BCUT2D eigenvalue weighted by atomic mass is 10.00. The van der Waals surface area contributed by atoms with E-state index in [0.717, 1.165) is 73.8 Å². The summed E-state index contributed by atoms with van der Waals surface area (Å²) in [5.74, 6) is 1.47. The van der Waals surface area contributed by atoms with Gasteiger partial charge in [0.25, 0.3) is 0 Å². The fraction of sp³-hybridized carbons (Fsp3) is 0.483. The molecule has 0 radical (unpaired) electrons. The van der Waals surface area contributed by atoms with Gasteiger partial charge in [0.15, 0.2) is 0 Å². The largest absolute Gasteiger partial charge is 0.418 e.